The zero-order chi connectivity index (χ0) is 20.2. The number of anilines is 1. The number of likely N-dealkylation sites (tertiary alicyclic amines) is 1. The van der Waals surface area contributed by atoms with Crippen molar-refractivity contribution in [1.29, 1.82) is 0 Å². The number of piperidine rings is 1. The molecule has 1 aliphatic heterocycles. The van der Waals surface area contributed by atoms with Gasteiger partial charge in [-0.3, -0.25) is 9.78 Å². The lowest BCUT2D eigenvalue weighted by atomic mass is 9.90. The van der Waals surface area contributed by atoms with Gasteiger partial charge in [-0.05, 0) is 54.8 Å². The Hall–Kier alpha value is -3.28. The van der Waals surface area contributed by atoms with E-state index in [-0.39, 0.29) is 11.8 Å². The van der Waals surface area contributed by atoms with Crippen LogP contribution in [0.3, 0.4) is 0 Å². The van der Waals surface area contributed by atoms with E-state index in [4.69, 9.17) is 0 Å². The van der Waals surface area contributed by atoms with Gasteiger partial charge < -0.3 is 9.80 Å². The van der Waals surface area contributed by atoms with Crippen molar-refractivity contribution in [3.05, 3.63) is 72.6 Å². The molecule has 0 N–H and O–H groups in total. The van der Waals surface area contributed by atoms with Crippen molar-refractivity contribution in [2.45, 2.75) is 18.8 Å². The summed E-state index contributed by atoms with van der Waals surface area (Å²) in [4.78, 5) is 30.0. The van der Waals surface area contributed by atoms with Crippen LogP contribution in [0.4, 0.5) is 5.69 Å². The second-order valence-electron chi connectivity index (χ2n) is 7.59. The molecule has 3 heterocycles. The molecule has 6 nitrogen and oxygen atoms in total. The monoisotopic (exact) mass is 387 g/mol. The third-order valence-electron chi connectivity index (χ3n) is 5.46. The molecule has 0 aliphatic carbocycles. The van der Waals surface area contributed by atoms with Gasteiger partial charge in [0.2, 0.25) is 0 Å². The molecule has 0 unspecified atom stereocenters. The first-order valence-electron chi connectivity index (χ1n) is 9.90. The predicted molar refractivity (Wildman–Crippen MR) is 114 cm³/mol. The van der Waals surface area contributed by atoms with Gasteiger partial charge in [-0.25, -0.2) is 9.97 Å². The smallest absolute Gasteiger partial charge is 0.253 e. The van der Waals surface area contributed by atoms with Crippen LogP contribution < -0.4 is 4.90 Å². The molecule has 1 fully saturated rings. The van der Waals surface area contributed by atoms with Gasteiger partial charge >= 0.3 is 0 Å². The Morgan fingerprint density at radius 3 is 2.55 bits per heavy atom. The number of pyridine rings is 1. The molecule has 0 radical (unpaired) electrons. The second-order valence-corrected chi connectivity index (χ2v) is 7.59. The largest absolute Gasteiger partial charge is 0.378 e. The van der Waals surface area contributed by atoms with Crippen molar-refractivity contribution in [2.24, 2.45) is 0 Å². The fourth-order valence-corrected chi connectivity index (χ4v) is 3.89. The lowest BCUT2D eigenvalue weighted by Gasteiger charge is -2.33. The summed E-state index contributed by atoms with van der Waals surface area (Å²) in [7, 11) is 3.99. The van der Waals surface area contributed by atoms with Crippen molar-refractivity contribution in [3.8, 4) is 11.1 Å². The number of rotatable bonds is 4. The van der Waals surface area contributed by atoms with Crippen molar-refractivity contribution in [1.82, 2.24) is 19.9 Å². The third-order valence-corrected chi connectivity index (χ3v) is 5.46. The van der Waals surface area contributed by atoms with Crippen LogP contribution in [-0.4, -0.2) is 52.9 Å². The van der Waals surface area contributed by atoms with E-state index >= 15 is 0 Å². The van der Waals surface area contributed by atoms with Gasteiger partial charge in [-0.2, -0.15) is 0 Å². The van der Waals surface area contributed by atoms with E-state index in [0.29, 0.717) is 6.54 Å². The zero-order valence-electron chi connectivity index (χ0n) is 16.8. The summed E-state index contributed by atoms with van der Waals surface area (Å²) in [5, 5.41) is 0. The van der Waals surface area contributed by atoms with Gasteiger partial charge in [0.1, 0.15) is 6.33 Å². The van der Waals surface area contributed by atoms with Gasteiger partial charge in [-0.15, -0.1) is 0 Å². The topological polar surface area (TPSA) is 62.2 Å². The molecule has 2 aromatic heterocycles. The highest BCUT2D eigenvalue weighted by Gasteiger charge is 2.28. The average Bonchev–Trinajstić information content (AvgIpc) is 2.79. The number of carbonyl (C=O) groups excluding carboxylic acids is 1. The lowest BCUT2D eigenvalue weighted by molar-refractivity contribution is 0.0706. The maximum atomic E-state index is 13.1. The number of amides is 1. The minimum Gasteiger partial charge on any atom is -0.378 e. The number of nitrogens with zero attached hydrogens (tertiary/aromatic N) is 5. The highest BCUT2D eigenvalue weighted by molar-refractivity contribution is 5.94. The molecule has 1 aliphatic rings. The number of aromatic nitrogens is 3. The molecule has 0 saturated carbocycles. The van der Waals surface area contributed by atoms with Crippen LogP contribution in [0.15, 0.2) is 61.3 Å². The molecular weight excluding hydrogens is 362 g/mol. The minimum absolute atomic E-state index is 0.0829. The summed E-state index contributed by atoms with van der Waals surface area (Å²) in [5.74, 6) is 0.277. The molecule has 4 rings (SSSR count). The number of benzene rings is 1. The van der Waals surface area contributed by atoms with Crippen LogP contribution in [-0.2, 0) is 0 Å². The van der Waals surface area contributed by atoms with Crippen LogP contribution in [0, 0.1) is 0 Å². The highest BCUT2D eigenvalue weighted by Crippen LogP contribution is 2.32. The summed E-state index contributed by atoms with van der Waals surface area (Å²) in [5.41, 5.74) is 4.89. The van der Waals surface area contributed by atoms with E-state index in [2.05, 4.69) is 15.0 Å². The Bertz CT molecular complexity index is 972. The molecule has 6 heteroatoms. The Kier molecular flexibility index (Phi) is 5.51. The maximum absolute atomic E-state index is 13.1. The Balaban J connectivity index is 1.56. The van der Waals surface area contributed by atoms with E-state index in [1.54, 1.807) is 18.7 Å². The lowest BCUT2D eigenvalue weighted by Crippen LogP contribution is -2.39. The van der Waals surface area contributed by atoms with E-state index in [0.717, 1.165) is 47.5 Å². The maximum Gasteiger partial charge on any atom is 0.253 e. The van der Waals surface area contributed by atoms with Gasteiger partial charge in [0.05, 0.1) is 5.69 Å². The Morgan fingerprint density at radius 1 is 1.07 bits per heavy atom. The van der Waals surface area contributed by atoms with Gasteiger partial charge in [0.25, 0.3) is 5.91 Å². The fraction of sp³-hybridized carbons (Fsp3) is 0.304. The molecule has 1 aromatic carbocycles. The van der Waals surface area contributed by atoms with Gasteiger partial charge in [-0.1, -0.05) is 0 Å². The summed E-state index contributed by atoms with van der Waals surface area (Å²) >= 11 is 0. The van der Waals surface area contributed by atoms with E-state index in [1.807, 2.05) is 66.5 Å². The summed E-state index contributed by atoms with van der Waals surface area (Å²) in [6.45, 7) is 1.45. The molecule has 1 amide bonds. The van der Waals surface area contributed by atoms with Crippen LogP contribution in [0.1, 0.15) is 34.8 Å². The normalized spacial score (nSPS) is 16.5. The first-order valence-corrected chi connectivity index (χ1v) is 9.90. The van der Waals surface area contributed by atoms with Crippen LogP contribution in [0.5, 0.6) is 0 Å². The van der Waals surface area contributed by atoms with Crippen molar-refractivity contribution in [3.63, 3.8) is 0 Å². The minimum atomic E-state index is 0.0829. The second kappa shape index (κ2) is 8.39. The summed E-state index contributed by atoms with van der Waals surface area (Å²) in [6.07, 6.45) is 8.99. The Morgan fingerprint density at radius 2 is 1.83 bits per heavy atom. The predicted octanol–water partition coefficient (Wildman–Crippen LogP) is 3.62. The third kappa shape index (κ3) is 4.11. The average molecular weight is 387 g/mol. The standard InChI is InChI=1S/C23H25N5O/c1-27(2)20-7-5-18(6-8-20)23(29)28-13-3-4-19(15-28)22-21(14-25-16-26-22)17-9-11-24-12-10-17/h5-12,14,16,19H,3-4,13,15H2,1-2H3/t19-/m1/s1. The molecule has 148 valence electrons. The van der Waals surface area contributed by atoms with E-state index in [1.165, 1.54) is 0 Å². The zero-order valence-corrected chi connectivity index (χ0v) is 16.8. The van der Waals surface area contributed by atoms with Crippen LogP contribution in [0.25, 0.3) is 11.1 Å². The quantitative estimate of drug-likeness (QED) is 0.684. The number of hydrogen-bond donors (Lipinski definition) is 0. The molecule has 0 spiro atoms. The van der Waals surface area contributed by atoms with Gasteiger partial charge in [0.15, 0.2) is 0 Å². The van der Waals surface area contributed by atoms with Crippen molar-refractivity contribution in [2.75, 3.05) is 32.1 Å². The molecule has 0 bridgehead atoms. The highest BCUT2D eigenvalue weighted by atomic mass is 16.2. The molecular formula is C23H25N5O. The van der Waals surface area contributed by atoms with Crippen molar-refractivity contribution < 1.29 is 4.79 Å². The fourth-order valence-electron chi connectivity index (χ4n) is 3.89. The first-order chi connectivity index (χ1) is 14.1. The summed E-state index contributed by atoms with van der Waals surface area (Å²) < 4.78 is 0. The SMILES string of the molecule is CN(C)c1ccc(C(=O)N2CCC[C@@H](c3ncncc3-c3ccncc3)C2)cc1. The molecule has 29 heavy (non-hydrogen) atoms. The molecule has 1 saturated heterocycles. The van der Waals surface area contributed by atoms with Crippen LogP contribution >= 0.6 is 0 Å². The van der Waals surface area contributed by atoms with Crippen molar-refractivity contribution >= 4 is 11.6 Å². The Labute approximate surface area is 171 Å². The molecule has 3 aromatic rings. The summed E-state index contributed by atoms with van der Waals surface area (Å²) in [6, 6.07) is 11.7. The van der Waals surface area contributed by atoms with E-state index in [9.17, 15) is 4.79 Å². The van der Waals surface area contributed by atoms with Crippen LogP contribution in [0.2, 0.25) is 0 Å². The number of carbonyl (C=O) groups is 1. The number of hydrogen-bond acceptors (Lipinski definition) is 5. The van der Waals surface area contributed by atoms with E-state index < -0.39 is 0 Å². The van der Waals surface area contributed by atoms with Gasteiger partial charge in [0, 0.05) is 68.5 Å². The first kappa shape index (κ1) is 19.1. The molecule has 1 atom stereocenters.